The Balaban J connectivity index is 3.75. The molecule has 2 nitrogen and oxygen atoms in total. The average Bonchev–Trinajstić information content (AvgIpc) is 2.09. The van der Waals surface area contributed by atoms with E-state index in [-0.39, 0.29) is 11.3 Å². The second kappa shape index (κ2) is 6.05. The lowest BCUT2D eigenvalue weighted by molar-refractivity contribution is -0.122. The van der Waals surface area contributed by atoms with Gasteiger partial charge >= 0.3 is 0 Å². The molecule has 0 unspecified atom stereocenters. The summed E-state index contributed by atoms with van der Waals surface area (Å²) in [6.07, 6.45) is 3.66. The summed E-state index contributed by atoms with van der Waals surface area (Å²) in [6, 6.07) is 0.363. The molecule has 0 saturated carbocycles. The van der Waals surface area contributed by atoms with Gasteiger partial charge in [-0.3, -0.25) is 4.79 Å². The van der Waals surface area contributed by atoms with Gasteiger partial charge in [0, 0.05) is 12.5 Å². The fourth-order valence-corrected chi connectivity index (χ4v) is 1.28. The number of nitrogens with one attached hydrogen (secondary N) is 1. The molecule has 0 spiro atoms. The van der Waals surface area contributed by atoms with E-state index in [2.05, 4.69) is 39.9 Å². The zero-order valence-electron chi connectivity index (χ0n) is 10.3. The topological polar surface area (TPSA) is 29.1 Å². The number of rotatable bonds is 5. The van der Waals surface area contributed by atoms with E-state index >= 15 is 0 Å². The molecule has 1 amide bonds. The molecule has 1 N–H and O–H groups in total. The van der Waals surface area contributed by atoms with Crippen molar-refractivity contribution >= 4 is 5.91 Å². The lowest BCUT2D eigenvalue weighted by Crippen LogP contribution is -2.34. The summed E-state index contributed by atoms with van der Waals surface area (Å²) in [7, 11) is 0. The van der Waals surface area contributed by atoms with E-state index in [4.69, 9.17) is 0 Å². The molecule has 0 aromatic carbocycles. The molecule has 0 aliphatic carbocycles. The molecule has 0 bridgehead atoms. The zero-order chi connectivity index (χ0) is 11.2. The third-order valence-electron chi connectivity index (χ3n) is 2.45. The minimum Gasteiger partial charge on any atom is -0.353 e. The van der Waals surface area contributed by atoms with Crippen LogP contribution in [-0.4, -0.2) is 11.9 Å². The Morgan fingerprint density at radius 2 is 1.71 bits per heavy atom. The van der Waals surface area contributed by atoms with Crippen molar-refractivity contribution in [1.82, 2.24) is 5.32 Å². The maximum Gasteiger partial charge on any atom is 0.220 e. The summed E-state index contributed by atoms with van der Waals surface area (Å²) in [4.78, 5) is 11.5. The molecular weight excluding hydrogens is 174 g/mol. The lowest BCUT2D eigenvalue weighted by atomic mass is 9.90. The average molecular weight is 199 g/mol. The van der Waals surface area contributed by atoms with Crippen LogP contribution in [0, 0.1) is 5.41 Å². The van der Waals surface area contributed by atoms with E-state index in [1.165, 1.54) is 0 Å². The van der Waals surface area contributed by atoms with Crippen LogP contribution < -0.4 is 5.32 Å². The molecule has 0 fully saturated rings. The third-order valence-corrected chi connectivity index (χ3v) is 2.45. The van der Waals surface area contributed by atoms with Crippen molar-refractivity contribution < 1.29 is 4.79 Å². The smallest absolute Gasteiger partial charge is 0.220 e. The molecule has 0 aliphatic heterocycles. The normalized spacial score (nSPS) is 11.9. The molecule has 0 aromatic rings. The molecule has 0 rings (SSSR count). The van der Waals surface area contributed by atoms with Crippen LogP contribution in [0.5, 0.6) is 0 Å². The second-order valence-electron chi connectivity index (χ2n) is 5.14. The predicted molar refractivity (Wildman–Crippen MR) is 61.2 cm³/mol. The molecule has 84 valence electrons. The summed E-state index contributed by atoms with van der Waals surface area (Å²) >= 11 is 0. The minimum absolute atomic E-state index is 0.202. The van der Waals surface area contributed by atoms with Gasteiger partial charge in [0.25, 0.3) is 0 Å². The maximum atomic E-state index is 11.5. The lowest BCUT2D eigenvalue weighted by Gasteiger charge is -2.19. The highest BCUT2D eigenvalue weighted by Crippen LogP contribution is 2.20. The standard InChI is InChI=1S/C12H25NO/c1-6-10(7-2)13-11(14)8-9-12(3,4)5/h10H,6-9H2,1-5H3,(H,13,14). The summed E-state index contributed by atoms with van der Waals surface area (Å²) in [5.41, 5.74) is 0.255. The Labute approximate surface area is 88.5 Å². The third kappa shape index (κ3) is 6.93. The number of amides is 1. The van der Waals surface area contributed by atoms with Crippen LogP contribution in [-0.2, 0) is 4.79 Å². The highest BCUT2D eigenvalue weighted by atomic mass is 16.1. The summed E-state index contributed by atoms with van der Waals surface area (Å²) in [5, 5.41) is 3.05. The minimum atomic E-state index is 0.202. The molecule has 0 radical (unpaired) electrons. The van der Waals surface area contributed by atoms with E-state index in [1.54, 1.807) is 0 Å². The van der Waals surface area contributed by atoms with Crippen molar-refractivity contribution in [1.29, 1.82) is 0 Å². The maximum absolute atomic E-state index is 11.5. The number of carbonyl (C=O) groups is 1. The molecule has 0 heterocycles. The van der Waals surface area contributed by atoms with Gasteiger partial charge in [0.05, 0.1) is 0 Å². The van der Waals surface area contributed by atoms with E-state index in [1.807, 2.05) is 0 Å². The Morgan fingerprint density at radius 1 is 1.21 bits per heavy atom. The van der Waals surface area contributed by atoms with Crippen LogP contribution in [0.15, 0.2) is 0 Å². The van der Waals surface area contributed by atoms with Gasteiger partial charge in [-0.25, -0.2) is 0 Å². The molecule has 0 atom stereocenters. The molecule has 2 heteroatoms. The van der Waals surface area contributed by atoms with Crippen LogP contribution in [0.2, 0.25) is 0 Å². The predicted octanol–water partition coefficient (Wildman–Crippen LogP) is 3.12. The molecule has 14 heavy (non-hydrogen) atoms. The zero-order valence-corrected chi connectivity index (χ0v) is 10.3. The summed E-state index contributed by atoms with van der Waals surface area (Å²) in [5.74, 6) is 0.202. The molecular formula is C12H25NO. The molecule has 0 saturated heterocycles. The Bertz CT molecular complexity index is 166. The summed E-state index contributed by atoms with van der Waals surface area (Å²) in [6.45, 7) is 10.7. The van der Waals surface area contributed by atoms with E-state index in [0.717, 1.165) is 19.3 Å². The first-order chi connectivity index (χ1) is 6.39. The Kier molecular flexibility index (Phi) is 5.82. The fourth-order valence-electron chi connectivity index (χ4n) is 1.28. The van der Waals surface area contributed by atoms with Crippen molar-refractivity contribution in [2.24, 2.45) is 5.41 Å². The van der Waals surface area contributed by atoms with E-state index < -0.39 is 0 Å². The molecule has 0 aliphatic rings. The van der Waals surface area contributed by atoms with E-state index in [9.17, 15) is 4.79 Å². The van der Waals surface area contributed by atoms with Crippen molar-refractivity contribution in [3.05, 3.63) is 0 Å². The van der Waals surface area contributed by atoms with Gasteiger partial charge in [-0.2, -0.15) is 0 Å². The quantitative estimate of drug-likeness (QED) is 0.724. The van der Waals surface area contributed by atoms with Gasteiger partial charge in [-0.15, -0.1) is 0 Å². The van der Waals surface area contributed by atoms with Gasteiger partial charge in [-0.1, -0.05) is 34.6 Å². The van der Waals surface area contributed by atoms with Crippen LogP contribution >= 0.6 is 0 Å². The first kappa shape index (κ1) is 13.5. The van der Waals surface area contributed by atoms with Crippen molar-refractivity contribution in [3.8, 4) is 0 Å². The van der Waals surface area contributed by atoms with E-state index in [0.29, 0.717) is 12.5 Å². The molecule has 0 aromatic heterocycles. The van der Waals surface area contributed by atoms with Crippen molar-refractivity contribution in [2.75, 3.05) is 0 Å². The first-order valence-electron chi connectivity index (χ1n) is 5.68. The second-order valence-corrected chi connectivity index (χ2v) is 5.14. The monoisotopic (exact) mass is 199 g/mol. The van der Waals surface area contributed by atoms with Gasteiger partial charge in [-0.05, 0) is 24.7 Å². The van der Waals surface area contributed by atoms with Crippen molar-refractivity contribution in [3.63, 3.8) is 0 Å². The van der Waals surface area contributed by atoms with Gasteiger partial charge in [0.2, 0.25) is 5.91 Å². The largest absolute Gasteiger partial charge is 0.353 e. The number of hydrogen-bond acceptors (Lipinski definition) is 1. The number of hydrogen-bond donors (Lipinski definition) is 1. The van der Waals surface area contributed by atoms with Gasteiger partial charge < -0.3 is 5.32 Å². The van der Waals surface area contributed by atoms with Crippen molar-refractivity contribution in [2.45, 2.75) is 66.3 Å². The highest BCUT2D eigenvalue weighted by molar-refractivity contribution is 5.76. The van der Waals surface area contributed by atoms with Gasteiger partial charge in [0.15, 0.2) is 0 Å². The van der Waals surface area contributed by atoms with Crippen LogP contribution in [0.4, 0.5) is 0 Å². The van der Waals surface area contributed by atoms with Crippen LogP contribution in [0.25, 0.3) is 0 Å². The first-order valence-corrected chi connectivity index (χ1v) is 5.68. The number of carbonyl (C=O) groups excluding carboxylic acids is 1. The van der Waals surface area contributed by atoms with Crippen LogP contribution in [0.3, 0.4) is 0 Å². The van der Waals surface area contributed by atoms with Gasteiger partial charge in [0.1, 0.15) is 0 Å². The van der Waals surface area contributed by atoms with Crippen LogP contribution in [0.1, 0.15) is 60.3 Å². The fraction of sp³-hybridized carbons (Fsp3) is 0.917. The Hall–Kier alpha value is -0.530. The highest BCUT2D eigenvalue weighted by Gasteiger charge is 2.14. The summed E-state index contributed by atoms with van der Waals surface area (Å²) < 4.78 is 0. The Morgan fingerprint density at radius 3 is 2.07 bits per heavy atom. The SMILES string of the molecule is CCC(CC)NC(=O)CCC(C)(C)C.